The second kappa shape index (κ2) is 9.76. The molecule has 0 atom stereocenters. The molecular weight excluding hydrogens is 414 g/mol. The van der Waals surface area contributed by atoms with E-state index in [4.69, 9.17) is 11.6 Å². The minimum Gasteiger partial charge on any atom is -0.381 e. The SMILES string of the molecule is CC(=O)Nc1ccc(SC(F)F)cc1-c1ccc(NCc2ccccc2Cl)cc1. The molecule has 3 nitrogen and oxygen atoms in total. The van der Waals surface area contributed by atoms with Gasteiger partial charge in [-0.25, -0.2) is 0 Å². The molecule has 150 valence electrons. The third kappa shape index (κ3) is 5.95. The van der Waals surface area contributed by atoms with Crippen LogP contribution in [0.3, 0.4) is 0 Å². The van der Waals surface area contributed by atoms with Gasteiger partial charge in [-0.05, 0) is 47.5 Å². The first kappa shape index (κ1) is 21.1. The lowest BCUT2D eigenvalue weighted by molar-refractivity contribution is -0.114. The topological polar surface area (TPSA) is 41.1 Å². The van der Waals surface area contributed by atoms with Gasteiger partial charge in [-0.15, -0.1) is 0 Å². The number of carbonyl (C=O) groups excluding carboxylic acids is 1. The van der Waals surface area contributed by atoms with Crippen LogP contribution in [0.2, 0.25) is 5.02 Å². The molecule has 0 radical (unpaired) electrons. The highest BCUT2D eigenvalue weighted by molar-refractivity contribution is 7.99. The first-order valence-electron chi connectivity index (χ1n) is 8.86. The molecular formula is C22H19ClF2N2OS. The van der Waals surface area contributed by atoms with Gasteiger partial charge in [-0.1, -0.05) is 53.7 Å². The van der Waals surface area contributed by atoms with Crippen LogP contribution in [-0.2, 0) is 11.3 Å². The summed E-state index contributed by atoms with van der Waals surface area (Å²) >= 11 is 6.65. The van der Waals surface area contributed by atoms with Gasteiger partial charge in [0.05, 0.1) is 0 Å². The van der Waals surface area contributed by atoms with Crippen LogP contribution in [-0.4, -0.2) is 11.7 Å². The van der Waals surface area contributed by atoms with Gasteiger partial charge in [0.15, 0.2) is 0 Å². The lowest BCUT2D eigenvalue weighted by Crippen LogP contribution is -2.07. The van der Waals surface area contributed by atoms with Gasteiger partial charge >= 0.3 is 0 Å². The van der Waals surface area contributed by atoms with E-state index in [-0.39, 0.29) is 5.91 Å². The Labute approximate surface area is 177 Å². The Bertz CT molecular complexity index is 996. The summed E-state index contributed by atoms with van der Waals surface area (Å²) in [6.45, 7) is 1.99. The number of nitrogens with one attached hydrogen (secondary N) is 2. The van der Waals surface area contributed by atoms with E-state index in [1.165, 1.54) is 6.92 Å². The molecule has 7 heteroatoms. The largest absolute Gasteiger partial charge is 0.381 e. The molecule has 0 bridgehead atoms. The number of hydrogen-bond donors (Lipinski definition) is 2. The number of thioether (sulfide) groups is 1. The van der Waals surface area contributed by atoms with Crippen LogP contribution < -0.4 is 10.6 Å². The lowest BCUT2D eigenvalue weighted by atomic mass is 10.0. The fourth-order valence-electron chi connectivity index (χ4n) is 2.84. The molecule has 3 rings (SSSR count). The summed E-state index contributed by atoms with van der Waals surface area (Å²) in [5.74, 6) is -2.73. The fourth-order valence-corrected chi connectivity index (χ4v) is 3.58. The maximum atomic E-state index is 12.7. The summed E-state index contributed by atoms with van der Waals surface area (Å²) in [5.41, 5.74) is 3.96. The smallest absolute Gasteiger partial charge is 0.288 e. The molecule has 0 aliphatic rings. The van der Waals surface area contributed by atoms with E-state index in [1.807, 2.05) is 48.5 Å². The number of alkyl halides is 2. The zero-order chi connectivity index (χ0) is 20.8. The van der Waals surface area contributed by atoms with E-state index in [2.05, 4.69) is 10.6 Å². The second-order valence-corrected chi connectivity index (χ2v) is 7.76. The number of anilines is 2. The number of halogens is 3. The second-order valence-electron chi connectivity index (χ2n) is 6.29. The molecule has 0 saturated carbocycles. The minimum atomic E-state index is -2.51. The summed E-state index contributed by atoms with van der Waals surface area (Å²) in [6.07, 6.45) is 0. The van der Waals surface area contributed by atoms with Gasteiger partial charge < -0.3 is 10.6 Å². The van der Waals surface area contributed by atoms with Crippen molar-refractivity contribution in [2.24, 2.45) is 0 Å². The number of hydrogen-bond acceptors (Lipinski definition) is 3. The monoisotopic (exact) mass is 432 g/mol. The van der Waals surface area contributed by atoms with Gasteiger partial charge in [0.25, 0.3) is 5.76 Å². The Balaban J connectivity index is 1.82. The summed E-state index contributed by atoms with van der Waals surface area (Å²) in [4.78, 5) is 11.9. The molecule has 1 amide bonds. The van der Waals surface area contributed by atoms with Crippen molar-refractivity contribution < 1.29 is 13.6 Å². The predicted molar refractivity (Wildman–Crippen MR) is 117 cm³/mol. The summed E-state index contributed by atoms with van der Waals surface area (Å²) < 4.78 is 25.5. The van der Waals surface area contributed by atoms with Crippen LogP contribution in [0.5, 0.6) is 0 Å². The van der Waals surface area contributed by atoms with Gasteiger partial charge in [-0.2, -0.15) is 8.78 Å². The van der Waals surface area contributed by atoms with Crippen LogP contribution in [0.1, 0.15) is 12.5 Å². The predicted octanol–water partition coefficient (Wildman–Crippen LogP) is 6.89. The van der Waals surface area contributed by atoms with Gasteiger partial charge in [0, 0.05) is 40.3 Å². The average molecular weight is 433 g/mol. The molecule has 29 heavy (non-hydrogen) atoms. The van der Waals surface area contributed by atoms with Crippen LogP contribution in [0, 0.1) is 0 Å². The van der Waals surface area contributed by atoms with Gasteiger partial charge in [0.1, 0.15) is 0 Å². The third-order valence-electron chi connectivity index (χ3n) is 4.16. The van der Waals surface area contributed by atoms with Crippen molar-refractivity contribution in [1.82, 2.24) is 0 Å². The van der Waals surface area contributed by atoms with Crippen LogP contribution >= 0.6 is 23.4 Å². The summed E-state index contributed by atoms with van der Waals surface area (Å²) in [5, 5.41) is 6.76. The lowest BCUT2D eigenvalue weighted by Gasteiger charge is -2.13. The fraction of sp³-hybridized carbons (Fsp3) is 0.136. The number of amides is 1. The van der Waals surface area contributed by atoms with Crippen molar-refractivity contribution in [2.75, 3.05) is 10.6 Å². The molecule has 3 aromatic carbocycles. The zero-order valence-electron chi connectivity index (χ0n) is 15.6. The number of rotatable bonds is 7. The van der Waals surface area contributed by atoms with Crippen molar-refractivity contribution in [3.63, 3.8) is 0 Å². The van der Waals surface area contributed by atoms with E-state index in [0.29, 0.717) is 39.5 Å². The zero-order valence-corrected chi connectivity index (χ0v) is 17.2. The molecule has 0 aliphatic carbocycles. The van der Waals surface area contributed by atoms with Crippen molar-refractivity contribution in [3.05, 3.63) is 77.3 Å². The quantitative estimate of drug-likeness (QED) is 0.399. The van der Waals surface area contributed by atoms with Crippen molar-refractivity contribution in [3.8, 4) is 11.1 Å². The Morgan fingerprint density at radius 1 is 1.07 bits per heavy atom. The van der Waals surface area contributed by atoms with Crippen LogP contribution in [0.25, 0.3) is 11.1 Å². The molecule has 0 spiro atoms. The number of benzene rings is 3. The van der Waals surface area contributed by atoms with Gasteiger partial charge in [0.2, 0.25) is 5.91 Å². The highest BCUT2D eigenvalue weighted by Gasteiger charge is 2.12. The molecule has 0 aromatic heterocycles. The molecule has 0 fully saturated rings. The normalized spacial score (nSPS) is 10.8. The van der Waals surface area contributed by atoms with E-state index < -0.39 is 5.76 Å². The van der Waals surface area contributed by atoms with Crippen molar-refractivity contribution in [1.29, 1.82) is 0 Å². The summed E-state index contributed by atoms with van der Waals surface area (Å²) in [6, 6.07) is 20.1. The van der Waals surface area contributed by atoms with Crippen LogP contribution in [0.4, 0.5) is 20.2 Å². The van der Waals surface area contributed by atoms with Crippen molar-refractivity contribution >= 4 is 40.6 Å². The molecule has 0 unspecified atom stereocenters. The molecule has 0 heterocycles. The maximum Gasteiger partial charge on any atom is 0.288 e. The first-order valence-corrected chi connectivity index (χ1v) is 10.1. The Morgan fingerprint density at radius 2 is 1.79 bits per heavy atom. The molecule has 0 saturated heterocycles. The Kier molecular flexibility index (Phi) is 7.12. The van der Waals surface area contributed by atoms with Crippen LogP contribution in [0.15, 0.2) is 71.6 Å². The summed E-state index contributed by atoms with van der Waals surface area (Å²) in [7, 11) is 0. The van der Waals surface area contributed by atoms with Gasteiger partial charge in [-0.3, -0.25) is 4.79 Å². The first-order chi connectivity index (χ1) is 13.9. The standard InChI is InChI=1S/C22H19ClF2N2OS/c1-14(28)27-21-11-10-18(29-22(24)25)12-19(21)15-6-8-17(9-7-15)26-13-16-4-2-3-5-20(16)23/h2-12,22,26H,13H2,1H3,(H,27,28). The Morgan fingerprint density at radius 3 is 2.45 bits per heavy atom. The van der Waals surface area contributed by atoms with E-state index >= 15 is 0 Å². The maximum absolute atomic E-state index is 12.7. The molecule has 3 aromatic rings. The molecule has 0 aliphatic heterocycles. The van der Waals surface area contributed by atoms with E-state index in [9.17, 15) is 13.6 Å². The minimum absolute atomic E-state index is 0.224. The Hall–Kier alpha value is -2.57. The molecule has 2 N–H and O–H groups in total. The number of carbonyl (C=O) groups is 1. The van der Waals surface area contributed by atoms with E-state index in [1.54, 1.807) is 18.2 Å². The average Bonchev–Trinajstić information content (AvgIpc) is 2.68. The highest BCUT2D eigenvalue weighted by Crippen LogP contribution is 2.35. The van der Waals surface area contributed by atoms with E-state index in [0.717, 1.165) is 16.8 Å². The third-order valence-corrected chi connectivity index (χ3v) is 5.24. The highest BCUT2D eigenvalue weighted by atomic mass is 35.5. The van der Waals surface area contributed by atoms with Crippen molar-refractivity contribution in [2.45, 2.75) is 24.1 Å².